The van der Waals surface area contributed by atoms with Gasteiger partial charge in [0.25, 0.3) is 0 Å². The first-order chi connectivity index (χ1) is 26.9. The molecule has 3 heterocycles. The normalized spacial score (nSPS) is 22.9. The Bertz CT molecular complexity index is 2470. The first-order valence-corrected chi connectivity index (χ1v) is 17.4. The molecule has 0 amide bonds. The number of hydrogen-bond donors (Lipinski definition) is 2. The maximum atomic E-state index is 15.9. The summed E-state index contributed by atoms with van der Waals surface area (Å²) in [7, 11) is -3.23. The standard InChI is InChI=1S/C37H40F2N4O5S/c1-36(2)15-6-16-37(3,24-8-5-7-23(19-24)9-12-32(44)45)35-41-34(43(4)42-35)28-20-25(10-11-29(28)38)48-33-27(14-18-49(46,47)22-36)26-13-17-40-31(26)21-30(33)39/h5,7-8,10-11,13,17,19-21,40H,6,9,12,14-16,18,22H2,1-4H3,(H,44,45)/i1D3,2D3,3D3. The second-order valence-corrected chi connectivity index (χ2v) is 14.7. The number of aromatic nitrogens is 4. The van der Waals surface area contributed by atoms with E-state index in [0.717, 1.165) is 16.8 Å². The lowest BCUT2D eigenvalue weighted by atomic mass is 9.75. The van der Waals surface area contributed by atoms with Crippen LogP contribution in [0.4, 0.5) is 8.78 Å². The van der Waals surface area contributed by atoms with Gasteiger partial charge in [-0.15, -0.1) is 0 Å². The molecule has 5 aromatic rings. The van der Waals surface area contributed by atoms with Gasteiger partial charge in [-0.3, -0.25) is 4.79 Å². The van der Waals surface area contributed by atoms with Crippen molar-refractivity contribution in [3.05, 3.63) is 94.9 Å². The third kappa shape index (κ3) is 7.24. The lowest BCUT2D eigenvalue weighted by Crippen LogP contribution is -2.29. The third-order valence-corrected chi connectivity index (χ3v) is 10.5. The molecule has 1 atom stereocenters. The van der Waals surface area contributed by atoms with E-state index >= 15 is 8.78 Å². The highest BCUT2D eigenvalue weighted by atomic mass is 32.2. The Morgan fingerprint density at radius 2 is 1.94 bits per heavy atom. The van der Waals surface area contributed by atoms with Gasteiger partial charge in [-0.05, 0) is 73.3 Å². The molecule has 0 radical (unpaired) electrons. The zero-order chi connectivity index (χ0) is 42.6. The van der Waals surface area contributed by atoms with Crippen LogP contribution < -0.4 is 4.74 Å². The number of fused-ring (bicyclic) bond motifs is 8. The van der Waals surface area contributed by atoms with Gasteiger partial charge < -0.3 is 14.8 Å². The Morgan fingerprint density at radius 1 is 1.10 bits per heavy atom. The monoisotopic (exact) mass is 699 g/mol. The van der Waals surface area contributed by atoms with E-state index in [0.29, 0.717) is 10.9 Å². The Morgan fingerprint density at radius 3 is 2.71 bits per heavy atom. The molecule has 12 heteroatoms. The number of hydrogen-bond acceptors (Lipinski definition) is 6. The first kappa shape index (κ1) is 24.5. The summed E-state index contributed by atoms with van der Waals surface area (Å²) in [5, 5.41) is 14.2. The van der Waals surface area contributed by atoms with Crippen molar-refractivity contribution in [2.24, 2.45) is 12.5 Å². The molecule has 1 aliphatic heterocycles. The van der Waals surface area contributed by atoms with Crippen LogP contribution in [-0.2, 0) is 39.9 Å². The van der Waals surface area contributed by atoms with Gasteiger partial charge in [0.2, 0.25) is 0 Å². The average Bonchev–Trinajstić information content (AvgIpc) is 3.73. The van der Waals surface area contributed by atoms with Gasteiger partial charge in [0.15, 0.2) is 33.1 Å². The van der Waals surface area contributed by atoms with E-state index in [9.17, 15) is 18.3 Å². The van der Waals surface area contributed by atoms with Crippen molar-refractivity contribution in [3.8, 4) is 22.9 Å². The molecule has 1 aliphatic rings. The molecule has 49 heavy (non-hydrogen) atoms. The minimum absolute atomic E-state index is 0.00243. The summed E-state index contributed by atoms with van der Waals surface area (Å²) >= 11 is 0. The van der Waals surface area contributed by atoms with Crippen LogP contribution in [0.2, 0.25) is 0 Å². The van der Waals surface area contributed by atoms with Crippen LogP contribution in [0.5, 0.6) is 11.5 Å². The predicted molar refractivity (Wildman–Crippen MR) is 184 cm³/mol. The molecule has 9 nitrogen and oxygen atoms in total. The van der Waals surface area contributed by atoms with Gasteiger partial charge in [0.1, 0.15) is 11.6 Å². The molecule has 0 fully saturated rings. The first-order valence-electron chi connectivity index (χ1n) is 20.1. The summed E-state index contributed by atoms with van der Waals surface area (Å²) in [5.74, 6) is -6.15. The maximum Gasteiger partial charge on any atom is 0.303 e. The molecule has 3 aromatic carbocycles. The Kier molecular flexibility index (Phi) is 6.53. The Labute approximate surface area is 296 Å². The number of rotatable bonds is 4. The van der Waals surface area contributed by atoms with Gasteiger partial charge in [-0.1, -0.05) is 44.4 Å². The summed E-state index contributed by atoms with van der Waals surface area (Å²) in [6, 6.07) is 12.1. The molecule has 0 saturated carbocycles. The van der Waals surface area contributed by atoms with Crippen molar-refractivity contribution in [3.63, 3.8) is 0 Å². The second kappa shape index (κ2) is 13.0. The molecule has 0 aliphatic carbocycles. The molecule has 4 bridgehead atoms. The summed E-state index contributed by atoms with van der Waals surface area (Å²) in [4.78, 5) is 18.9. The van der Waals surface area contributed by atoms with Crippen LogP contribution in [0.25, 0.3) is 22.3 Å². The molecular formula is C37H40F2N4O5S. The van der Waals surface area contributed by atoms with Crippen LogP contribution in [0.15, 0.2) is 60.8 Å². The molecule has 0 spiro atoms. The third-order valence-electron chi connectivity index (χ3n) is 8.74. The van der Waals surface area contributed by atoms with E-state index in [1.165, 1.54) is 43.6 Å². The minimum atomic E-state index is -4.62. The van der Waals surface area contributed by atoms with Crippen molar-refractivity contribution >= 4 is 26.7 Å². The van der Waals surface area contributed by atoms with E-state index in [2.05, 4.69) is 15.1 Å². The molecule has 2 aromatic heterocycles. The number of H-pyrrole nitrogens is 1. The van der Waals surface area contributed by atoms with Gasteiger partial charge in [-0.25, -0.2) is 26.9 Å². The molecule has 1 unspecified atom stereocenters. The van der Waals surface area contributed by atoms with Crippen LogP contribution in [0.3, 0.4) is 0 Å². The highest BCUT2D eigenvalue weighted by Gasteiger charge is 2.36. The molecular weight excluding hydrogens is 650 g/mol. The summed E-state index contributed by atoms with van der Waals surface area (Å²) in [5.41, 5.74) is -4.60. The van der Waals surface area contributed by atoms with E-state index in [-0.39, 0.29) is 52.4 Å². The van der Waals surface area contributed by atoms with Crippen LogP contribution in [0.1, 0.15) is 81.1 Å². The van der Waals surface area contributed by atoms with Crippen LogP contribution in [0, 0.1) is 17.0 Å². The lowest BCUT2D eigenvalue weighted by Gasteiger charge is -2.30. The molecule has 6 rings (SSSR count). The zero-order valence-electron chi connectivity index (χ0n) is 35.5. The fraction of sp³-hybridized carbons (Fsp3) is 0.378. The number of nitrogens with zero attached hydrogens (tertiary/aromatic N) is 3. The number of nitrogens with one attached hydrogen (secondary N) is 1. The van der Waals surface area contributed by atoms with Crippen molar-refractivity contribution in [1.29, 1.82) is 0 Å². The number of halogens is 2. The number of aromatic amines is 1. The summed E-state index contributed by atoms with van der Waals surface area (Å²) in [6.07, 6.45) is -1.12. The Hall–Kier alpha value is -4.58. The second-order valence-electron chi connectivity index (χ2n) is 12.5. The van der Waals surface area contributed by atoms with Gasteiger partial charge >= 0.3 is 5.97 Å². The number of aliphatic carboxylic acids is 1. The van der Waals surface area contributed by atoms with Crippen molar-refractivity contribution < 1.29 is 44.2 Å². The van der Waals surface area contributed by atoms with Gasteiger partial charge in [-0.2, -0.15) is 5.10 Å². The van der Waals surface area contributed by atoms with E-state index < -0.39 is 102 Å². The average molecular weight is 700 g/mol. The topological polar surface area (TPSA) is 127 Å². The number of carbonyl (C=O) groups is 1. The Balaban J connectivity index is 1.64. The fourth-order valence-corrected chi connectivity index (χ4v) is 7.86. The van der Waals surface area contributed by atoms with Crippen molar-refractivity contribution in [2.75, 3.05) is 11.5 Å². The smallest absolute Gasteiger partial charge is 0.303 e. The fourth-order valence-electron chi connectivity index (χ4n) is 6.30. The van der Waals surface area contributed by atoms with Crippen molar-refractivity contribution in [1.82, 2.24) is 19.7 Å². The van der Waals surface area contributed by atoms with Gasteiger partial charge in [0, 0.05) is 54.5 Å². The van der Waals surface area contributed by atoms with E-state index in [1.54, 1.807) is 12.1 Å². The van der Waals surface area contributed by atoms with Crippen molar-refractivity contribution in [2.45, 2.75) is 64.5 Å². The zero-order valence-corrected chi connectivity index (χ0v) is 27.3. The number of sulfone groups is 1. The van der Waals surface area contributed by atoms with Gasteiger partial charge in [0.05, 0.1) is 22.5 Å². The SMILES string of the molecule is [2H]C([2H])([2H])C1(c2cccc(CCC(=O)O)c2)CCCC(C([2H])([2H])[2H])(C([2H])([2H])[2H])CS(=O)(=O)CCc2c(c(F)cc3[nH]ccc23)Oc2ccc(F)c(c2)-c2nc1nn2C. The molecule has 0 saturated heterocycles. The predicted octanol–water partition coefficient (Wildman–Crippen LogP) is 7.52. The lowest BCUT2D eigenvalue weighted by molar-refractivity contribution is -0.136. The highest BCUT2D eigenvalue weighted by Crippen LogP contribution is 2.41. The van der Waals surface area contributed by atoms with Crippen LogP contribution in [-0.4, -0.2) is 50.7 Å². The molecule has 258 valence electrons. The number of carboxylic acid groups (broad SMARTS) is 1. The van der Waals surface area contributed by atoms with E-state index in [1.807, 2.05) is 0 Å². The highest BCUT2D eigenvalue weighted by molar-refractivity contribution is 7.91. The number of aryl methyl sites for hydroxylation is 3. The number of carboxylic acids is 1. The quantitative estimate of drug-likeness (QED) is 0.199. The summed E-state index contributed by atoms with van der Waals surface area (Å²) in [6.45, 7) is -9.94. The largest absolute Gasteiger partial charge is 0.481 e. The maximum absolute atomic E-state index is 15.9. The molecule has 2 N–H and O–H groups in total. The minimum Gasteiger partial charge on any atom is -0.481 e. The summed E-state index contributed by atoms with van der Waals surface area (Å²) < 4.78 is 145. The number of ether oxygens (including phenoxy) is 1. The van der Waals surface area contributed by atoms with Crippen LogP contribution >= 0.6 is 0 Å². The van der Waals surface area contributed by atoms with E-state index in [4.69, 9.17) is 17.1 Å². The number of benzene rings is 3.